The molecule has 28 heavy (non-hydrogen) atoms. The summed E-state index contributed by atoms with van der Waals surface area (Å²) in [6, 6.07) is 0.633. The highest BCUT2D eigenvalue weighted by molar-refractivity contribution is 7.19. The fourth-order valence-electron chi connectivity index (χ4n) is 5.03. The van der Waals surface area contributed by atoms with Gasteiger partial charge in [0.1, 0.15) is 16.5 Å². The lowest BCUT2D eigenvalue weighted by atomic mass is 9.96. The molecule has 0 atom stereocenters. The van der Waals surface area contributed by atoms with Crippen LogP contribution in [0.5, 0.6) is 0 Å². The van der Waals surface area contributed by atoms with Crippen LogP contribution >= 0.6 is 11.3 Å². The van der Waals surface area contributed by atoms with Gasteiger partial charge in [-0.15, -0.1) is 11.3 Å². The summed E-state index contributed by atoms with van der Waals surface area (Å²) in [6.45, 7) is 4.46. The van der Waals surface area contributed by atoms with Gasteiger partial charge in [0, 0.05) is 24.0 Å². The second-order valence-electron chi connectivity index (χ2n) is 9.11. The van der Waals surface area contributed by atoms with Gasteiger partial charge in [0.25, 0.3) is 0 Å². The number of nitrogens with one attached hydrogen (secondary N) is 1. The number of hydrogen-bond donors (Lipinski definition) is 1. The van der Waals surface area contributed by atoms with Crippen molar-refractivity contribution in [3.63, 3.8) is 0 Å². The third kappa shape index (κ3) is 3.44. The molecule has 150 valence electrons. The Bertz CT molecular complexity index is 855. The molecule has 3 aliphatic carbocycles. The van der Waals surface area contributed by atoms with E-state index in [0.29, 0.717) is 6.04 Å². The first-order chi connectivity index (χ1) is 13.8. The Kier molecular flexibility index (Phi) is 4.54. The van der Waals surface area contributed by atoms with Gasteiger partial charge in [-0.3, -0.25) is 4.90 Å². The number of rotatable bonds is 6. The summed E-state index contributed by atoms with van der Waals surface area (Å²) in [6.07, 6.45) is 10.6. The van der Waals surface area contributed by atoms with Crippen molar-refractivity contribution in [3.05, 3.63) is 16.3 Å². The zero-order valence-electron chi connectivity index (χ0n) is 16.6. The molecule has 0 spiro atoms. The average Bonchev–Trinajstić information content (AvgIpc) is 3.63. The Balaban J connectivity index is 1.38. The second-order valence-corrected chi connectivity index (χ2v) is 10.2. The minimum Gasteiger partial charge on any atom is -0.379 e. The van der Waals surface area contributed by atoms with Crippen LogP contribution in [0.3, 0.4) is 0 Å². The van der Waals surface area contributed by atoms with E-state index in [1.165, 1.54) is 61.6 Å². The van der Waals surface area contributed by atoms with E-state index >= 15 is 0 Å². The average molecular weight is 399 g/mol. The highest BCUT2D eigenvalue weighted by atomic mass is 32.1. The summed E-state index contributed by atoms with van der Waals surface area (Å²) in [5.74, 6) is 3.88. The Labute approximate surface area is 170 Å². The van der Waals surface area contributed by atoms with E-state index in [1.807, 2.05) is 11.3 Å². The first-order valence-electron chi connectivity index (χ1n) is 11.2. The summed E-state index contributed by atoms with van der Waals surface area (Å²) in [5, 5.41) is 5.33. The van der Waals surface area contributed by atoms with Crippen LogP contribution in [0, 0.1) is 11.8 Å². The van der Waals surface area contributed by atoms with Crippen molar-refractivity contribution in [2.45, 2.75) is 64.0 Å². The van der Waals surface area contributed by atoms with Crippen LogP contribution < -0.4 is 5.32 Å². The van der Waals surface area contributed by atoms with Gasteiger partial charge in [-0.1, -0.05) is 0 Å². The molecule has 6 rings (SSSR count). The number of aryl methyl sites for hydroxylation is 2. The highest BCUT2D eigenvalue weighted by Crippen LogP contribution is 2.47. The third-order valence-electron chi connectivity index (χ3n) is 6.89. The van der Waals surface area contributed by atoms with Gasteiger partial charge >= 0.3 is 0 Å². The van der Waals surface area contributed by atoms with Crippen LogP contribution in [0.15, 0.2) is 0 Å². The number of nitrogens with zero attached hydrogens (tertiary/aromatic N) is 3. The van der Waals surface area contributed by atoms with Gasteiger partial charge in [0.2, 0.25) is 0 Å². The van der Waals surface area contributed by atoms with E-state index in [2.05, 4.69) is 10.2 Å². The van der Waals surface area contributed by atoms with Crippen molar-refractivity contribution < 1.29 is 4.74 Å². The Morgan fingerprint density at radius 1 is 1.04 bits per heavy atom. The molecule has 0 bridgehead atoms. The largest absolute Gasteiger partial charge is 0.379 e. The Morgan fingerprint density at radius 2 is 1.79 bits per heavy atom. The lowest BCUT2D eigenvalue weighted by molar-refractivity contribution is 0.0331. The topological polar surface area (TPSA) is 50.3 Å². The fourth-order valence-corrected chi connectivity index (χ4v) is 6.31. The maximum absolute atomic E-state index is 5.51. The van der Waals surface area contributed by atoms with Gasteiger partial charge in [-0.2, -0.15) is 0 Å². The van der Waals surface area contributed by atoms with Crippen LogP contribution in [-0.4, -0.2) is 47.2 Å². The number of morpholine rings is 1. The van der Waals surface area contributed by atoms with Gasteiger partial charge in [0.15, 0.2) is 0 Å². The maximum atomic E-state index is 5.51. The van der Waals surface area contributed by atoms with Crippen molar-refractivity contribution >= 4 is 27.4 Å². The molecule has 0 amide bonds. The number of anilines is 1. The zero-order chi connectivity index (χ0) is 18.5. The smallest absolute Gasteiger partial charge is 0.146 e. The van der Waals surface area contributed by atoms with E-state index in [0.717, 1.165) is 56.3 Å². The molecule has 1 N–H and O–H groups in total. The second kappa shape index (κ2) is 7.22. The van der Waals surface area contributed by atoms with Crippen molar-refractivity contribution in [1.82, 2.24) is 14.9 Å². The number of fused-ring (bicyclic) bond motifs is 3. The van der Waals surface area contributed by atoms with Crippen molar-refractivity contribution in [2.24, 2.45) is 11.8 Å². The SMILES string of the molecule is C1CCc2c(sc3nc(CN4CCOCC4)nc(NC(C4CC4)C4CC4)c23)C1. The quantitative estimate of drug-likeness (QED) is 0.797. The number of aromatic nitrogens is 2. The summed E-state index contributed by atoms with van der Waals surface area (Å²) in [4.78, 5) is 15.4. The lowest BCUT2D eigenvalue weighted by Gasteiger charge is -2.26. The highest BCUT2D eigenvalue weighted by Gasteiger charge is 2.42. The molecular weight excluding hydrogens is 368 g/mol. The molecule has 3 heterocycles. The molecule has 2 aromatic heterocycles. The van der Waals surface area contributed by atoms with Crippen molar-refractivity contribution in [2.75, 3.05) is 31.6 Å². The Morgan fingerprint density at radius 3 is 2.54 bits per heavy atom. The minimum atomic E-state index is 0.633. The van der Waals surface area contributed by atoms with E-state index in [4.69, 9.17) is 14.7 Å². The molecule has 6 heteroatoms. The predicted molar refractivity (Wildman–Crippen MR) is 113 cm³/mol. The standard InChI is InChI=1S/C22H30N4OS/c1-2-4-17-16(3-1)19-21(25-20(14-5-6-14)15-7-8-15)23-18(24-22(19)28-17)13-26-9-11-27-12-10-26/h14-15,20H,1-13H2,(H,23,24,25). The van der Waals surface area contributed by atoms with E-state index in [-0.39, 0.29) is 0 Å². The molecule has 1 saturated heterocycles. The predicted octanol–water partition coefficient (Wildman–Crippen LogP) is 4.00. The summed E-state index contributed by atoms with van der Waals surface area (Å²) < 4.78 is 5.51. The first-order valence-corrected chi connectivity index (χ1v) is 12.0. The first kappa shape index (κ1) is 17.6. The summed E-state index contributed by atoms with van der Waals surface area (Å²) in [7, 11) is 0. The molecule has 1 aliphatic heterocycles. The van der Waals surface area contributed by atoms with Gasteiger partial charge in [-0.25, -0.2) is 9.97 Å². The van der Waals surface area contributed by atoms with Crippen molar-refractivity contribution in [1.29, 1.82) is 0 Å². The Hall–Kier alpha value is -1.24. The number of hydrogen-bond acceptors (Lipinski definition) is 6. The van der Waals surface area contributed by atoms with Crippen molar-refractivity contribution in [3.8, 4) is 0 Å². The van der Waals surface area contributed by atoms with Crippen LogP contribution in [0.25, 0.3) is 10.2 Å². The molecule has 4 aliphatic rings. The molecule has 0 aromatic carbocycles. The van der Waals surface area contributed by atoms with Crippen LogP contribution in [-0.2, 0) is 24.1 Å². The molecular formula is C22H30N4OS. The minimum absolute atomic E-state index is 0.633. The summed E-state index contributed by atoms with van der Waals surface area (Å²) in [5.41, 5.74) is 1.55. The summed E-state index contributed by atoms with van der Waals surface area (Å²) >= 11 is 1.93. The van der Waals surface area contributed by atoms with E-state index in [1.54, 1.807) is 10.4 Å². The number of ether oxygens (including phenoxy) is 1. The third-order valence-corrected chi connectivity index (χ3v) is 8.08. The number of thiophene rings is 1. The normalized spacial score (nSPS) is 23.3. The molecule has 0 radical (unpaired) electrons. The fraction of sp³-hybridized carbons (Fsp3) is 0.727. The van der Waals surface area contributed by atoms with E-state index < -0.39 is 0 Å². The molecule has 2 saturated carbocycles. The van der Waals surface area contributed by atoms with Crippen LogP contribution in [0.4, 0.5) is 5.82 Å². The van der Waals surface area contributed by atoms with Gasteiger partial charge in [0.05, 0.1) is 25.1 Å². The van der Waals surface area contributed by atoms with Gasteiger partial charge in [-0.05, 0) is 68.8 Å². The molecule has 2 aromatic rings. The lowest BCUT2D eigenvalue weighted by Crippen LogP contribution is -2.36. The van der Waals surface area contributed by atoms with Crippen LogP contribution in [0.1, 0.15) is 54.8 Å². The zero-order valence-corrected chi connectivity index (χ0v) is 17.4. The molecule has 3 fully saturated rings. The molecule has 5 nitrogen and oxygen atoms in total. The van der Waals surface area contributed by atoms with Gasteiger partial charge < -0.3 is 10.1 Å². The monoisotopic (exact) mass is 398 g/mol. The van der Waals surface area contributed by atoms with Crippen LogP contribution in [0.2, 0.25) is 0 Å². The maximum Gasteiger partial charge on any atom is 0.146 e. The molecule has 0 unspecified atom stereocenters. The van der Waals surface area contributed by atoms with E-state index in [9.17, 15) is 0 Å².